The molecule has 0 N–H and O–H groups in total. The highest BCUT2D eigenvalue weighted by molar-refractivity contribution is 5.85. The first kappa shape index (κ1) is 20.5. The number of hydrogen-bond acceptors (Lipinski definition) is 4. The van der Waals surface area contributed by atoms with Gasteiger partial charge in [-0.3, -0.25) is 9.47 Å². The zero-order valence-corrected chi connectivity index (χ0v) is 17.0. The van der Waals surface area contributed by atoms with Gasteiger partial charge in [0.05, 0.1) is 24.0 Å². The lowest BCUT2D eigenvalue weighted by atomic mass is 10.0. The van der Waals surface area contributed by atoms with Crippen LogP contribution in [0.5, 0.6) is 0 Å². The van der Waals surface area contributed by atoms with Crippen molar-refractivity contribution in [3.8, 4) is 5.69 Å². The van der Waals surface area contributed by atoms with Crippen molar-refractivity contribution in [3.63, 3.8) is 0 Å². The molecule has 4 aromatic rings. The maximum absolute atomic E-state index is 5.48. The molecule has 1 aromatic carbocycles. The molecule has 3 aromatic heterocycles. The smallest absolute Gasteiger partial charge is 0.123 e. The van der Waals surface area contributed by atoms with E-state index in [1.807, 2.05) is 10.6 Å². The molecular weight excluding hydrogens is 397 g/mol. The number of piperidine rings is 1. The number of furan rings is 1. The van der Waals surface area contributed by atoms with Gasteiger partial charge in [-0.05, 0) is 48.6 Å². The topological polar surface area (TPSA) is 52.0 Å². The van der Waals surface area contributed by atoms with Gasteiger partial charge >= 0.3 is 0 Å². The summed E-state index contributed by atoms with van der Waals surface area (Å²) in [5, 5.41) is 9.10. The second kappa shape index (κ2) is 8.82. The molecule has 1 fully saturated rings. The van der Waals surface area contributed by atoms with Crippen molar-refractivity contribution in [1.29, 1.82) is 0 Å². The minimum Gasteiger partial charge on any atom is -0.468 e. The maximum atomic E-state index is 5.48. The van der Waals surface area contributed by atoms with Gasteiger partial charge in [0, 0.05) is 25.3 Å². The summed E-state index contributed by atoms with van der Waals surface area (Å²) < 4.78 is 9.87. The van der Waals surface area contributed by atoms with Gasteiger partial charge < -0.3 is 8.98 Å². The molecule has 1 aliphatic rings. The van der Waals surface area contributed by atoms with E-state index < -0.39 is 0 Å². The number of nitrogens with zero attached hydrogens (tertiary/aromatic N) is 5. The molecule has 4 heterocycles. The van der Waals surface area contributed by atoms with Crippen LogP contribution in [0.3, 0.4) is 0 Å². The van der Waals surface area contributed by atoms with Crippen molar-refractivity contribution in [1.82, 2.24) is 24.2 Å². The van der Waals surface area contributed by atoms with Crippen LogP contribution >= 0.6 is 24.8 Å². The van der Waals surface area contributed by atoms with Crippen LogP contribution in [0.25, 0.3) is 16.6 Å². The van der Waals surface area contributed by atoms with Crippen molar-refractivity contribution in [2.75, 3.05) is 13.1 Å². The Hall–Kier alpha value is -2.28. The molecule has 28 heavy (non-hydrogen) atoms. The Bertz CT molecular complexity index is 989. The second-order valence-corrected chi connectivity index (χ2v) is 6.92. The molecule has 148 valence electrons. The monoisotopic (exact) mass is 419 g/mol. The fourth-order valence-electron chi connectivity index (χ4n) is 3.93. The first-order valence-corrected chi connectivity index (χ1v) is 9.07. The first-order chi connectivity index (χ1) is 12.9. The minimum absolute atomic E-state index is 0. The van der Waals surface area contributed by atoms with E-state index in [9.17, 15) is 0 Å². The zero-order chi connectivity index (χ0) is 17.3. The SMILES string of the molecule is Cl.Cl.c1coc(CN2CCC(n3ccc4ccc(-n5cnnc5)cc43)CC2)c1. The summed E-state index contributed by atoms with van der Waals surface area (Å²) >= 11 is 0. The van der Waals surface area contributed by atoms with Crippen LogP contribution < -0.4 is 0 Å². The largest absolute Gasteiger partial charge is 0.468 e. The molecule has 0 spiro atoms. The van der Waals surface area contributed by atoms with E-state index in [4.69, 9.17) is 4.42 Å². The zero-order valence-electron chi connectivity index (χ0n) is 15.3. The summed E-state index contributed by atoms with van der Waals surface area (Å²) in [6, 6.07) is 13.3. The molecular formula is C20H23Cl2N5O. The highest BCUT2D eigenvalue weighted by Crippen LogP contribution is 2.29. The molecule has 8 heteroatoms. The van der Waals surface area contributed by atoms with Crippen LogP contribution in [0.15, 0.2) is 65.9 Å². The highest BCUT2D eigenvalue weighted by Gasteiger charge is 2.22. The third kappa shape index (κ3) is 3.94. The Morgan fingerprint density at radius 1 is 1.00 bits per heavy atom. The van der Waals surface area contributed by atoms with Crippen molar-refractivity contribution in [3.05, 3.63) is 67.3 Å². The number of benzene rings is 1. The molecule has 0 unspecified atom stereocenters. The Morgan fingerprint density at radius 3 is 2.50 bits per heavy atom. The van der Waals surface area contributed by atoms with Gasteiger partial charge in [-0.2, -0.15) is 0 Å². The molecule has 0 aliphatic carbocycles. The van der Waals surface area contributed by atoms with Gasteiger partial charge in [0.1, 0.15) is 18.4 Å². The predicted octanol–water partition coefficient (Wildman–Crippen LogP) is 4.50. The quantitative estimate of drug-likeness (QED) is 0.488. The second-order valence-electron chi connectivity index (χ2n) is 6.92. The Balaban J connectivity index is 0.00000112. The van der Waals surface area contributed by atoms with E-state index in [0.717, 1.165) is 43.9 Å². The number of halogens is 2. The van der Waals surface area contributed by atoms with Crippen LogP contribution in [0, 0.1) is 0 Å². The summed E-state index contributed by atoms with van der Waals surface area (Å²) in [7, 11) is 0. The van der Waals surface area contributed by atoms with Crippen molar-refractivity contribution >= 4 is 35.7 Å². The van der Waals surface area contributed by atoms with E-state index in [2.05, 4.69) is 56.2 Å². The summed E-state index contributed by atoms with van der Waals surface area (Å²) in [5.41, 5.74) is 2.37. The number of aromatic nitrogens is 4. The van der Waals surface area contributed by atoms with E-state index in [-0.39, 0.29) is 24.8 Å². The lowest BCUT2D eigenvalue weighted by molar-refractivity contribution is 0.170. The summed E-state index contributed by atoms with van der Waals surface area (Å²) in [5.74, 6) is 1.05. The van der Waals surface area contributed by atoms with Gasteiger partial charge in [0.15, 0.2) is 0 Å². The van der Waals surface area contributed by atoms with Crippen LogP contribution in [0.1, 0.15) is 24.6 Å². The standard InChI is InChI=1S/C20H21N5O.2ClH/c1-2-19(26-11-1)13-23-8-6-17(7-9-23)25-10-5-16-3-4-18(12-20(16)25)24-14-21-22-15-24;;/h1-5,10-12,14-15,17H,6-9,13H2;2*1H. The fraction of sp³-hybridized carbons (Fsp3) is 0.300. The van der Waals surface area contributed by atoms with Crippen LogP contribution in [0.4, 0.5) is 0 Å². The molecule has 0 bridgehead atoms. The van der Waals surface area contributed by atoms with Gasteiger partial charge in [0.2, 0.25) is 0 Å². The predicted molar refractivity (Wildman–Crippen MR) is 114 cm³/mol. The van der Waals surface area contributed by atoms with Crippen LogP contribution in [-0.2, 0) is 6.54 Å². The Kier molecular flexibility index (Phi) is 6.44. The normalized spacial score (nSPS) is 15.3. The van der Waals surface area contributed by atoms with Crippen molar-refractivity contribution in [2.24, 2.45) is 0 Å². The molecule has 0 amide bonds. The third-order valence-corrected chi connectivity index (χ3v) is 5.33. The molecule has 0 radical (unpaired) electrons. The van der Waals surface area contributed by atoms with Gasteiger partial charge in [-0.25, -0.2) is 0 Å². The molecule has 6 nitrogen and oxygen atoms in total. The molecule has 5 rings (SSSR count). The van der Waals surface area contributed by atoms with Crippen molar-refractivity contribution in [2.45, 2.75) is 25.4 Å². The number of fused-ring (bicyclic) bond motifs is 1. The lowest BCUT2D eigenvalue weighted by Gasteiger charge is -2.32. The number of rotatable bonds is 4. The van der Waals surface area contributed by atoms with E-state index in [1.54, 1.807) is 18.9 Å². The molecule has 1 saturated heterocycles. The van der Waals surface area contributed by atoms with E-state index >= 15 is 0 Å². The van der Waals surface area contributed by atoms with Gasteiger partial charge in [0.25, 0.3) is 0 Å². The molecule has 0 atom stereocenters. The number of likely N-dealkylation sites (tertiary alicyclic amines) is 1. The molecule has 1 aliphatic heterocycles. The first-order valence-electron chi connectivity index (χ1n) is 9.07. The average Bonchev–Trinajstić information content (AvgIpc) is 3.43. The lowest BCUT2D eigenvalue weighted by Crippen LogP contribution is -2.33. The summed E-state index contributed by atoms with van der Waals surface area (Å²) in [4.78, 5) is 2.48. The maximum Gasteiger partial charge on any atom is 0.123 e. The van der Waals surface area contributed by atoms with Crippen LogP contribution in [0.2, 0.25) is 0 Å². The minimum atomic E-state index is 0. The van der Waals surface area contributed by atoms with E-state index in [0.29, 0.717) is 6.04 Å². The van der Waals surface area contributed by atoms with Crippen molar-refractivity contribution < 1.29 is 4.42 Å². The fourth-order valence-corrected chi connectivity index (χ4v) is 3.93. The van der Waals surface area contributed by atoms with Crippen LogP contribution in [-0.4, -0.2) is 37.3 Å². The summed E-state index contributed by atoms with van der Waals surface area (Å²) in [6.45, 7) is 3.09. The molecule has 0 saturated carbocycles. The number of hydrogen-bond donors (Lipinski definition) is 0. The highest BCUT2D eigenvalue weighted by atomic mass is 35.5. The average molecular weight is 420 g/mol. The Labute approximate surface area is 176 Å². The van der Waals surface area contributed by atoms with E-state index in [1.165, 1.54) is 10.9 Å². The Morgan fingerprint density at radius 2 is 1.79 bits per heavy atom. The van der Waals surface area contributed by atoms with Gasteiger partial charge in [-0.1, -0.05) is 6.07 Å². The third-order valence-electron chi connectivity index (χ3n) is 5.33. The summed E-state index contributed by atoms with van der Waals surface area (Å²) in [6.07, 6.45) is 9.76. The van der Waals surface area contributed by atoms with Gasteiger partial charge in [-0.15, -0.1) is 35.0 Å².